The molecule has 0 bridgehead atoms. The van der Waals surface area contributed by atoms with Gasteiger partial charge in [0, 0.05) is 31.0 Å². The molecule has 138 valence electrons. The molecule has 26 heavy (non-hydrogen) atoms. The van der Waals surface area contributed by atoms with Crippen LogP contribution in [0.25, 0.3) is 16.2 Å². The number of hydrogen-bond acceptors (Lipinski definition) is 7. The predicted molar refractivity (Wildman–Crippen MR) is 103 cm³/mol. The molecule has 0 saturated carbocycles. The minimum atomic E-state index is -3.08. The van der Waals surface area contributed by atoms with E-state index < -0.39 is 14.6 Å². The molecule has 0 spiro atoms. The number of imidazole rings is 1. The second-order valence-corrected chi connectivity index (χ2v) is 10.0. The van der Waals surface area contributed by atoms with Crippen molar-refractivity contribution < 1.29 is 8.42 Å². The van der Waals surface area contributed by atoms with Gasteiger partial charge in [-0.1, -0.05) is 25.2 Å². The van der Waals surface area contributed by atoms with Crippen molar-refractivity contribution in [2.75, 3.05) is 23.7 Å². The van der Waals surface area contributed by atoms with Gasteiger partial charge >= 0.3 is 0 Å². The zero-order chi connectivity index (χ0) is 18.4. The molecule has 0 radical (unpaired) electrons. The van der Waals surface area contributed by atoms with Crippen molar-refractivity contribution in [3.8, 4) is 11.3 Å². The number of nitrogens with zero attached hydrogens (tertiary/aromatic N) is 5. The molecule has 0 unspecified atom stereocenters. The number of sulfone groups is 1. The lowest BCUT2D eigenvalue weighted by atomic mass is 10.0. The van der Waals surface area contributed by atoms with Gasteiger partial charge in [0.25, 0.3) is 0 Å². The van der Waals surface area contributed by atoms with E-state index in [0.29, 0.717) is 25.9 Å². The molecule has 0 N–H and O–H groups in total. The van der Waals surface area contributed by atoms with Crippen molar-refractivity contribution in [3.05, 3.63) is 30.7 Å². The van der Waals surface area contributed by atoms with Crippen LogP contribution >= 0.6 is 11.3 Å². The van der Waals surface area contributed by atoms with E-state index in [-0.39, 0.29) is 5.75 Å². The summed E-state index contributed by atoms with van der Waals surface area (Å²) in [6.07, 6.45) is 6.64. The van der Waals surface area contributed by atoms with Gasteiger partial charge in [-0.15, -0.1) is 5.10 Å². The lowest BCUT2D eigenvalue weighted by Crippen LogP contribution is -2.55. The first-order valence-electron chi connectivity index (χ1n) is 8.72. The number of rotatable bonds is 4. The number of hydrogen-bond donors (Lipinski definition) is 0. The van der Waals surface area contributed by atoms with Crippen LogP contribution in [0.1, 0.15) is 26.7 Å². The first-order valence-corrected chi connectivity index (χ1v) is 11.2. The molecule has 1 aliphatic heterocycles. The molecule has 0 atom stereocenters. The highest BCUT2D eigenvalue weighted by Gasteiger charge is 2.45. The molecule has 7 nitrogen and oxygen atoms in total. The third-order valence-corrected chi connectivity index (χ3v) is 9.05. The molecule has 4 heterocycles. The second kappa shape index (κ2) is 6.31. The highest BCUT2D eigenvalue weighted by molar-refractivity contribution is 7.92. The topological polar surface area (TPSA) is 80.5 Å². The van der Waals surface area contributed by atoms with Crippen LogP contribution in [0.3, 0.4) is 0 Å². The maximum atomic E-state index is 12.6. The summed E-state index contributed by atoms with van der Waals surface area (Å²) in [5.74, 6) is 0.178. The van der Waals surface area contributed by atoms with Crippen molar-refractivity contribution in [2.45, 2.75) is 31.4 Å². The van der Waals surface area contributed by atoms with Crippen LogP contribution in [-0.2, 0) is 9.84 Å². The summed E-state index contributed by atoms with van der Waals surface area (Å²) in [6.45, 7) is 4.89. The van der Waals surface area contributed by atoms with Gasteiger partial charge in [-0.25, -0.2) is 17.9 Å². The van der Waals surface area contributed by atoms with Crippen molar-refractivity contribution in [1.82, 2.24) is 19.6 Å². The van der Waals surface area contributed by atoms with E-state index in [1.165, 1.54) is 11.3 Å². The quantitative estimate of drug-likeness (QED) is 0.680. The second-order valence-electron chi connectivity index (χ2n) is 6.61. The Morgan fingerprint density at radius 1 is 1.31 bits per heavy atom. The van der Waals surface area contributed by atoms with E-state index in [4.69, 9.17) is 0 Å². The van der Waals surface area contributed by atoms with Crippen molar-refractivity contribution >= 4 is 31.3 Å². The molecule has 3 aromatic rings. The summed E-state index contributed by atoms with van der Waals surface area (Å²) < 4.78 is 26.3. The zero-order valence-electron chi connectivity index (χ0n) is 14.8. The van der Waals surface area contributed by atoms with E-state index in [1.54, 1.807) is 16.9 Å². The van der Waals surface area contributed by atoms with Gasteiger partial charge in [0.05, 0.1) is 22.4 Å². The van der Waals surface area contributed by atoms with E-state index in [1.807, 2.05) is 32.2 Å². The Morgan fingerprint density at radius 3 is 2.77 bits per heavy atom. The lowest BCUT2D eigenvalue weighted by Gasteiger charge is -2.41. The van der Waals surface area contributed by atoms with E-state index in [2.05, 4.69) is 20.0 Å². The number of anilines is 1. The number of aromatic nitrogens is 4. The molecular weight excluding hydrogens is 370 g/mol. The normalized spacial score (nSPS) is 19.1. The molecule has 0 aliphatic carbocycles. The number of fused-ring (bicyclic) bond motifs is 1. The van der Waals surface area contributed by atoms with E-state index >= 15 is 0 Å². The van der Waals surface area contributed by atoms with Gasteiger partial charge in [0.1, 0.15) is 0 Å². The highest BCUT2D eigenvalue weighted by atomic mass is 32.2. The van der Waals surface area contributed by atoms with Crippen LogP contribution in [0.4, 0.5) is 5.13 Å². The van der Waals surface area contributed by atoms with Crippen molar-refractivity contribution in [3.63, 3.8) is 0 Å². The van der Waals surface area contributed by atoms with Crippen LogP contribution in [0.5, 0.6) is 0 Å². The smallest absolute Gasteiger partial charge is 0.214 e. The van der Waals surface area contributed by atoms with Gasteiger partial charge in [-0.05, 0) is 25.0 Å². The Bertz CT molecular complexity index is 991. The maximum absolute atomic E-state index is 12.6. The molecule has 0 aromatic carbocycles. The van der Waals surface area contributed by atoms with Crippen LogP contribution < -0.4 is 4.90 Å². The molecule has 3 aromatic heterocycles. The predicted octanol–water partition coefficient (Wildman–Crippen LogP) is 2.65. The summed E-state index contributed by atoms with van der Waals surface area (Å²) in [5.41, 5.74) is 1.79. The Hall–Kier alpha value is -2.00. The molecule has 1 saturated heterocycles. The maximum Gasteiger partial charge on any atom is 0.214 e. The zero-order valence-corrected chi connectivity index (χ0v) is 16.4. The SMILES string of the molecule is CCC1(CC)CN(c2nn3cc(-c4cccnc4)nc3s2)CCS1(=O)=O. The lowest BCUT2D eigenvalue weighted by molar-refractivity contribution is 0.458. The van der Waals surface area contributed by atoms with Gasteiger partial charge in [0.2, 0.25) is 10.1 Å². The molecular formula is C17H21N5O2S2. The standard InChI is InChI=1S/C17H21N5O2S2/c1-3-17(4-2)12-21(8-9-26(17,23)24)16-20-22-11-14(19-15(22)25-16)13-6-5-7-18-10-13/h5-7,10-11H,3-4,8-9,12H2,1-2H3. The summed E-state index contributed by atoms with van der Waals surface area (Å²) in [4.78, 5) is 11.7. The van der Waals surface area contributed by atoms with Crippen LogP contribution in [0.15, 0.2) is 30.7 Å². The minimum Gasteiger partial charge on any atom is -0.344 e. The van der Waals surface area contributed by atoms with Crippen LogP contribution in [0.2, 0.25) is 0 Å². The highest BCUT2D eigenvalue weighted by Crippen LogP contribution is 2.35. The summed E-state index contributed by atoms with van der Waals surface area (Å²) in [5, 5.41) is 5.47. The molecule has 1 aliphatic rings. The summed E-state index contributed by atoms with van der Waals surface area (Å²) in [6, 6.07) is 3.84. The average Bonchev–Trinajstić information content (AvgIpc) is 3.22. The Balaban J connectivity index is 1.64. The van der Waals surface area contributed by atoms with Crippen LogP contribution in [-0.4, -0.2) is 51.6 Å². The van der Waals surface area contributed by atoms with Crippen LogP contribution in [0, 0.1) is 0 Å². The largest absolute Gasteiger partial charge is 0.344 e. The Morgan fingerprint density at radius 2 is 2.12 bits per heavy atom. The molecule has 9 heteroatoms. The summed E-state index contributed by atoms with van der Waals surface area (Å²) >= 11 is 1.49. The minimum absolute atomic E-state index is 0.178. The first kappa shape index (κ1) is 17.4. The first-order chi connectivity index (χ1) is 12.5. The van der Waals surface area contributed by atoms with Gasteiger partial charge in [-0.2, -0.15) is 0 Å². The third kappa shape index (κ3) is 2.69. The fourth-order valence-electron chi connectivity index (χ4n) is 3.52. The van der Waals surface area contributed by atoms with E-state index in [0.717, 1.165) is 21.3 Å². The average molecular weight is 392 g/mol. The van der Waals surface area contributed by atoms with Gasteiger partial charge < -0.3 is 4.90 Å². The Labute approximate surface area is 156 Å². The fraction of sp³-hybridized carbons (Fsp3) is 0.471. The Kier molecular flexibility index (Phi) is 4.23. The molecule has 0 amide bonds. The van der Waals surface area contributed by atoms with Crippen molar-refractivity contribution in [1.29, 1.82) is 0 Å². The number of pyridine rings is 1. The molecule has 1 fully saturated rings. The van der Waals surface area contributed by atoms with Gasteiger partial charge in [-0.3, -0.25) is 4.98 Å². The van der Waals surface area contributed by atoms with Crippen molar-refractivity contribution in [2.24, 2.45) is 0 Å². The van der Waals surface area contributed by atoms with Gasteiger partial charge in [0.15, 0.2) is 9.84 Å². The molecule has 4 rings (SSSR count). The van der Waals surface area contributed by atoms with E-state index in [9.17, 15) is 8.42 Å². The fourth-order valence-corrected chi connectivity index (χ4v) is 6.55. The monoisotopic (exact) mass is 391 g/mol. The third-order valence-electron chi connectivity index (χ3n) is 5.32. The summed E-state index contributed by atoms with van der Waals surface area (Å²) in [7, 11) is -3.08.